The fourth-order valence-electron chi connectivity index (χ4n) is 5.87. The number of piperazine rings is 1. The minimum atomic E-state index is 0.714. The van der Waals surface area contributed by atoms with E-state index in [1.54, 1.807) is 4.90 Å². The van der Waals surface area contributed by atoms with Crippen LogP contribution in [0, 0.1) is 5.92 Å². The third-order valence-corrected chi connectivity index (χ3v) is 8.29. The third kappa shape index (κ3) is 4.63. The van der Waals surface area contributed by atoms with E-state index in [2.05, 4.69) is 82.6 Å². The monoisotopic (exact) mass is 507 g/mol. The molecular formula is C31H35N6O+. The van der Waals surface area contributed by atoms with Gasteiger partial charge in [-0.2, -0.15) is 0 Å². The first-order chi connectivity index (χ1) is 18.7. The number of H-pyrrole nitrogens is 2. The lowest BCUT2D eigenvalue weighted by Gasteiger charge is -2.31. The zero-order valence-corrected chi connectivity index (χ0v) is 22.0. The molecule has 1 aliphatic heterocycles. The van der Waals surface area contributed by atoms with Crippen molar-refractivity contribution in [3.05, 3.63) is 60.7 Å². The molecule has 7 nitrogen and oxygen atoms in total. The summed E-state index contributed by atoms with van der Waals surface area (Å²) in [5.74, 6) is 3.39. The van der Waals surface area contributed by atoms with Crippen molar-refractivity contribution in [2.24, 2.45) is 5.92 Å². The summed E-state index contributed by atoms with van der Waals surface area (Å²) in [7, 11) is 2.27. The van der Waals surface area contributed by atoms with Crippen molar-refractivity contribution < 1.29 is 9.64 Å². The fourth-order valence-corrected chi connectivity index (χ4v) is 5.87. The number of benzene rings is 3. The van der Waals surface area contributed by atoms with E-state index in [4.69, 9.17) is 14.7 Å². The topological polar surface area (TPSA) is 74.3 Å². The number of hydrogen-bond donors (Lipinski definition) is 3. The molecule has 1 aliphatic carbocycles. The minimum Gasteiger partial charge on any atom is -0.493 e. The molecule has 0 atom stereocenters. The molecule has 3 heterocycles. The van der Waals surface area contributed by atoms with Crippen LogP contribution in [0.3, 0.4) is 0 Å². The van der Waals surface area contributed by atoms with Crippen molar-refractivity contribution in [1.82, 2.24) is 19.9 Å². The highest BCUT2D eigenvalue weighted by Crippen LogP contribution is 2.29. The Kier molecular flexibility index (Phi) is 6.01. The van der Waals surface area contributed by atoms with Gasteiger partial charge in [-0.05, 0) is 79.4 Å². The molecule has 0 unspecified atom stereocenters. The lowest BCUT2D eigenvalue weighted by atomic mass is 10.1. The fraction of sp³-hybridized carbons (Fsp3) is 0.355. The summed E-state index contributed by atoms with van der Waals surface area (Å²) < 4.78 is 6.03. The van der Waals surface area contributed by atoms with E-state index in [9.17, 15) is 0 Å². The standard InChI is InChI=1S/C31H34N6O/c1-36-14-16-37(17-15-36)24-9-13-27-29(19-24)35-31(33-27)23-8-12-26-28(18-23)34-30(32-26)22-6-10-25(11-7-22)38-20-21-4-2-3-5-21/h6-13,18-19,21H,2-5,14-17,20H2,1H3,(H,32,34)(H,33,35)/p+1. The molecule has 1 saturated carbocycles. The van der Waals surface area contributed by atoms with Gasteiger partial charge in [0.05, 0.1) is 61.9 Å². The van der Waals surface area contributed by atoms with Crippen LogP contribution in [-0.2, 0) is 0 Å². The SMILES string of the molecule is C[NH+]1CCN(c2ccc3nc(-c4ccc5nc(-c6ccc(OCC7CCCC7)cc6)[nH]c5c4)[nH]c3c2)CC1. The van der Waals surface area contributed by atoms with Crippen LogP contribution < -0.4 is 14.5 Å². The number of imidazole rings is 2. The van der Waals surface area contributed by atoms with Crippen molar-refractivity contribution in [2.75, 3.05) is 44.7 Å². The van der Waals surface area contributed by atoms with Gasteiger partial charge in [0.2, 0.25) is 0 Å². The van der Waals surface area contributed by atoms with Crippen molar-refractivity contribution in [3.8, 4) is 28.5 Å². The average molecular weight is 508 g/mol. The van der Waals surface area contributed by atoms with Gasteiger partial charge >= 0.3 is 0 Å². The Morgan fingerprint density at radius 3 is 2.18 bits per heavy atom. The van der Waals surface area contributed by atoms with Gasteiger partial charge in [-0.15, -0.1) is 0 Å². The molecule has 0 amide bonds. The Morgan fingerprint density at radius 1 is 0.816 bits per heavy atom. The van der Waals surface area contributed by atoms with Crippen LogP contribution in [0.1, 0.15) is 25.7 Å². The summed E-state index contributed by atoms with van der Waals surface area (Å²) in [6.45, 7) is 5.36. The number of ether oxygens (including phenoxy) is 1. The number of aromatic amines is 2. The molecule has 1 saturated heterocycles. The Labute approximate surface area is 222 Å². The molecule has 2 fully saturated rings. The third-order valence-electron chi connectivity index (χ3n) is 8.29. The van der Waals surface area contributed by atoms with Crippen LogP contribution >= 0.6 is 0 Å². The van der Waals surface area contributed by atoms with Gasteiger partial charge in [0.25, 0.3) is 0 Å². The van der Waals surface area contributed by atoms with Crippen molar-refractivity contribution in [3.63, 3.8) is 0 Å². The summed E-state index contributed by atoms with van der Waals surface area (Å²) in [5, 5.41) is 0. The van der Waals surface area contributed by atoms with Crippen LogP contribution in [0.4, 0.5) is 5.69 Å². The van der Waals surface area contributed by atoms with E-state index in [1.807, 2.05) is 0 Å². The molecular weight excluding hydrogens is 472 g/mol. The highest BCUT2D eigenvalue weighted by molar-refractivity contribution is 5.87. The van der Waals surface area contributed by atoms with Gasteiger partial charge < -0.3 is 24.5 Å². The summed E-state index contributed by atoms with van der Waals surface area (Å²) in [5.41, 5.74) is 7.38. The molecule has 3 aromatic carbocycles. The second kappa shape index (κ2) is 9.80. The number of fused-ring (bicyclic) bond motifs is 2. The Balaban J connectivity index is 1.10. The lowest BCUT2D eigenvalue weighted by molar-refractivity contribution is -0.880. The maximum absolute atomic E-state index is 6.03. The number of quaternary nitrogens is 1. The van der Waals surface area contributed by atoms with Gasteiger partial charge in [0.1, 0.15) is 17.4 Å². The Hall–Kier alpha value is -3.84. The molecule has 2 aromatic heterocycles. The molecule has 3 N–H and O–H groups in total. The summed E-state index contributed by atoms with van der Waals surface area (Å²) in [6.07, 6.45) is 5.28. The van der Waals surface area contributed by atoms with Gasteiger partial charge in [-0.1, -0.05) is 12.8 Å². The zero-order chi connectivity index (χ0) is 25.5. The van der Waals surface area contributed by atoms with Crippen LogP contribution in [0.5, 0.6) is 5.75 Å². The molecule has 7 rings (SSSR count). The van der Waals surface area contributed by atoms with Gasteiger partial charge in [-0.3, -0.25) is 0 Å². The molecule has 194 valence electrons. The lowest BCUT2D eigenvalue weighted by Crippen LogP contribution is -3.12. The first-order valence-corrected chi connectivity index (χ1v) is 14.0. The predicted octanol–water partition coefficient (Wildman–Crippen LogP) is 4.68. The van der Waals surface area contributed by atoms with Crippen LogP contribution in [-0.4, -0.2) is 59.8 Å². The number of aromatic nitrogens is 4. The van der Waals surface area contributed by atoms with E-state index >= 15 is 0 Å². The van der Waals surface area contributed by atoms with Gasteiger partial charge in [-0.25, -0.2) is 9.97 Å². The zero-order valence-electron chi connectivity index (χ0n) is 22.0. The van der Waals surface area contributed by atoms with E-state index in [0.717, 1.165) is 70.3 Å². The smallest absolute Gasteiger partial charge is 0.138 e. The van der Waals surface area contributed by atoms with Crippen LogP contribution in [0.25, 0.3) is 44.8 Å². The Bertz CT molecular complexity index is 1550. The Morgan fingerprint density at radius 2 is 1.45 bits per heavy atom. The van der Waals surface area contributed by atoms with Crippen molar-refractivity contribution >= 4 is 27.8 Å². The highest BCUT2D eigenvalue weighted by Gasteiger charge is 2.18. The second-order valence-corrected chi connectivity index (χ2v) is 11.0. The van der Waals surface area contributed by atoms with Gasteiger partial charge in [0, 0.05) is 16.8 Å². The number of nitrogens with zero attached hydrogens (tertiary/aromatic N) is 3. The number of hydrogen-bond acceptors (Lipinski definition) is 4. The predicted molar refractivity (Wildman–Crippen MR) is 153 cm³/mol. The molecule has 5 aromatic rings. The van der Waals surface area contributed by atoms with Crippen molar-refractivity contribution in [2.45, 2.75) is 25.7 Å². The van der Waals surface area contributed by atoms with E-state index in [-0.39, 0.29) is 0 Å². The second-order valence-electron chi connectivity index (χ2n) is 11.0. The molecule has 0 spiro atoms. The van der Waals surface area contributed by atoms with Crippen molar-refractivity contribution in [1.29, 1.82) is 0 Å². The molecule has 0 radical (unpaired) electrons. The number of nitrogens with one attached hydrogen (secondary N) is 3. The van der Waals surface area contributed by atoms with Crippen LogP contribution in [0.2, 0.25) is 0 Å². The number of likely N-dealkylation sites (N-methyl/N-ethyl adjacent to an activating group) is 1. The molecule has 7 heteroatoms. The van der Waals surface area contributed by atoms with E-state index in [1.165, 1.54) is 44.5 Å². The molecule has 0 bridgehead atoms. The van der Waals surface area contributed by atoms with Crippen LogP contribution in [0.15, 0.2) is 60.7 Å². The quantitative estimate of drug-likeness (QED) is 0.312. The first kappa shape index (κ1) is 23.3. The molecule has 38 heavy (non-hydrogen) atoms. The van der Waals surface area contributed by atoms with E-state index in [0.29, 0.717) is 5.92 Å². The normalized spacial score (nSPS) is 17.1. The number of rotatable bonds is 6. The highest BCUT2D eigenvalue weighted by atomic mass is 16.5. The molecule has 2 aliphatic rings. The maximum atomic E-state index is 6.03. The summed E-state index contributed by atoms with van der Waals surface area (Å²) >= 11 is 0. The largest absolute Gasteiger partial charge is 0.493 e. The minimum absolute atomic E-state index is 0.714. The first-order valence-electron chi connectivity index (χ1n) is 14.0. The summed E-state index contributed by atoms with van der Waals surface area (Å²) in [6, 6.07) is 21.1. The summed E-state index contributed by atoms with van der Waals surface area (Å²) in [4.78, 5) is 20.8. The van der Waals surface area contributed by atoms with E-state index < -0.39 is 0 Å². The maximum Gasteiger partial charge on any atom is 0.138 e. The van der Waals surface area contributed by atoms with Gasteiger partial charge in [0.15, 0.2) is 0 Å². The average Bonchev–Trinajstić information content (AvgIpc) is 3.71. The number of anilines is 1.